The topological polar surface area (TPSA) is 64.1 Å². The van der Waals surface area contributed by atoms with Gasteiger partial charge >= 0.3 is 0 Å². The number of halogens is 1. The summed E-state index contributed by atoms with van der Waals surface area (Å²) < 4.78 is 6.20. The van der Waals surface area contributed by atoms with Gasteiger partial charge in [0.2, 0.25) is 5.13 Å². The Morgan fingerprint density at radius 1 is 1.43 bits per heavy atom. The fourth-order valence-corrected chi connectivity index (χ4v) is 3.60. The van der Waals surface area contributed by atoms with E-state index in [-0.39, 0.29) is 5.91 Å². The zero-order valence-corrected chi connectivity index (χ0v) is 15.5. The second-order valence-corrected chi connectivity index (χ2v) is 7.76. The summed E-state index contributed by atoms with van der Waals surface area (Å²) in [5.74, 6) is 1.84. The molecule has 1 N–H and O–H groups in total. The number of nitrogens with zero attached hydrogens (tertiary/aromatic N) is 2. The SMILES string of the molecule is CCOc1ccc(C(=O)Nc2nnc(SCC(C)C)s2)cc1Cl. The number of amides is 1. The zero-order chi connectivity index (χ0) is 16.8. The lowest BCUT2D eigenvalue weighted by molar-refractivity contribution is 0.102. The molecule has 124 valence electrons. The van der Waals surface area contributed by atoms with E-state index in [1.807, 2.05) is 6.92 Å². The van der Waals surface area contributed by atoms with Crippen molar-refractivity contribution in [1.82, 2.24) is 10.2 Å². The van der Waals surface area contributed by atoms with Crippen LogP contribution in [0.15, 0.2) is 22.5 Å². The summed E-state index contributed by atoms with van der Waals surface area (Å²) in [4.78, 5) is 12.2. The first-order valence-corrected chi connectivity index (χ1v) is 9.37. The molecule has 0 spiro atoms. The second kappa shape index (κ2) is 8.52. The van der Waals surface area contributed by atoms with Crippen LogP contribution >= 0.6 is 34.7 Å². The quantitative estimate of drug-likeness (QED) is 0.569. The number of hydrogen-bond acceptors (Lipinski definition) is 6. The third-order valence-electron chi connectivity index (χ3n) is 2.66. The van der Waals surface area contributed by atoms with Crippen LogP contribution in [0.25, 0.3) is 0 Å². The summed E-state index contributed by atoms with van der Waals surface area (Å²) in [5.41, 5.74) is 0.449. The van der Waals surface area contributed by atoms with E-state index in [1.165, 1.54) is 11.3 Å². The van der Waals surface area contributed by atoms with Gasteiger partial charge in [0.15, 0.2) is 4.34 Å². The first-order chi connectivity index (χ1) is 11.0. The lowest BCUT2D eigenvalue weighted by Crippen LogP contribution is -2.11. The highest BCUT2D eigenvalue weighted by Crippen LogP contribution is 2.28. The number of nitrogens with one attached hydrogen (secondary N) is 1. The molecule has 0 unspecified atom stereocenters. The largest absolute Gasteiger partial charge is 0.492 e. The summed E-state index contributed by atoms with van der Waals surface area (Å²) >= 11 is 9.10. The molecule has 0 bridgehead atoms. The zero-order valence-electron chi connectivity index (χ0n) is 13.1. The predicted octanol–water partition coefficient (Wildman–Crippen LogP) is 4.59. The van der Waals surface area contributed by atoms with Gasteiger partial charge in [-0.1, -0.05) is 48.5 Å². The summed E-state index contributed by atoms with van der Waals surface area (Å²) in [6.07, 6.45) is 0. The van der Waals surface area contributed by atoms with Gasteiger partial charge in [0, 0.05) is 11.3 Å². The highest BCUT2D eigenvalue weighted by Gasteiger charge is 2.13. The molecule has 5 nitrogen and oxygen atoms in total. The molecule has 2 rings (SSSR count). The van der Waals surface area contributed by atoms with E-state index in [4.69, 9.17) is 16.3 Å². The Labute approximate surface area is 148 Å². The van der Waals surface area contributed by atoms with E-state index in [2.05, 4.69) is 29.4 Å². The first kappa shape index (κ1) is 18.0. The van der Waals surface area contributed by atoms with Crippen LogP contribution in [0.4, 0.5) is 5.13 Å². The van der Waals surface area contributed by atoms with Gasteiger partial charge in [0.05, 0.1) is 11.6 Å². The Hall–Kier alpha value is -1.31. The Morgan fingerprint density at radius 3 is 2.87 bits per heavy atom. The molecule has 23 heavy (non-hydrogen) atoms. The molecule has 1 aromatic carbocycles. The van der Waals surface area contributed by atoms with Crippen molar-refractivity contribution in [2.45, 2.75) is 25.1 Å². The van der Waals surface area contributed by atoms with Crippen molar-refractivity contribution in [1.29, 1.82) is 0 Å². The average molecular weight is 372 g/mol. The van der Waals surface area contributed by atoms with Crippen molar-refractivity contribution in [2.75, 3.05) is 17.7 Å². The number of rotatable bonds is 7. The minimum Gasteiger partial charge on any atom is -0.492 e. The highest BCUT2D eigenvalue weighted by molar-refractivity contribution is 8.01. The van der Waals surface area contributed by atoms with Gasteiger partial charge in [-0.15, -0.1) is 10.2 Å². The van der Waals surface area contributed by atoms with Crippen LogP contribution < -0.4 is 10.1 Å². The number of carbonyl (C=O) groups is 1. The molecule has 0 radical (unpaired) electrons. The maximum Gasteiger partial charge on any atom is 0.257 e. The molecule has 0 fully saturated rings. The van der Waals surface area contributed by atoms with E-state index in [1.54, 1.807) is 30.0 Å². The van der Waals surface area contributed by atoms with Crippen LogP contribution in [0.5, 0.6) is 5.75 Å². The fourth-order valence-electron chi connectivity index (χ4n) is 1.64. The average Bonchev–Trinajstić information content (AvgIpc) is 2.95. The van der Waals surface area contributed by atoms with Gasteiger partial charge < -0.3 is 4.74 Å². The molecule has 0 saturated carbocycles. The number of carbonyl (C=O) groups excluding carboxylic acids is 1. The van der Waals surface area contributed by atoms with Gasteiger partial charge in [-0.25, -0.2) is 0 Å². The van der Waals surface area contributed by atoms with Gasteiger partial charge in [-0.2, -0.15) is 0 Å². The molecular weight excluding hydrogens is 354 g/mol. The van der Waals surface area contributed by atoms with Gasteiger partial charge in [0.1, 0.15) is 5.75 Å². The van der Waals surface area contributed by atoms with Gasteiger partial charge in [-0.3, -0.25) is 10.1 Å². The minimum absolute atomic E-state index is 0.272. The molecule has 0 saturated heterocycles. The number of anilines is 1. The lowest BCUT2D eigenvalue weighted by atomic mass is 10.2. The third kappa shape index (κ3) is 5.37. The van der Waals surface area contributed by atoms with Crippen molar-refractivity contribution in [3.63, 3.8) is 0 Å². The maximum atomic E-state index is 12.2. The Balaban J connectivity index is 2.00. The number of thioether (sulfide) groups is 1. The molecule has 2 aromatic rings. The minimum atomic E-state index is -0.272. The van der Waals surface area contributed by atoms with Crippen LogP contribution in [0.2, 0.25) is 5.02 Å². The van der Waals surface area contributed by atoms with Crippen LogP contribution in [-0.4, -0.2) is 28.5 Å². The van der Waals surface area contributed by atoms with Crippen molar-refractivity contribution in [3.8, 4) is 5.75 Å². The maximum absolute atomic E-state index is 12.2. The van der Waals surface area contributed by atoms with Crippen LogP contribution in [0.1, 0.15) is 31.1 Å². The number of hydrogen-bond donors (Lipinski definition) is 1. The second-order valence-electron chi connectivity index (χ2n) is 5.11. The van der Waals surface area contributed by atoms with E-state index < -0.39 is 0 Å². The molecule has 1 aromatic heterocycles. The number of benzene rings is 1. The summed E-state index contributed by atoms with van der Waals surface area (Å²) in [5, 5.41) is 11.7. The van der Waals surface area contributed by atoms with E-state index >= 15 is 0 Å². The van der Waals surface area contributed by atoms with E-state index in [0.29, 0.717) is 34.0 Å². The summed E-state index contributed by atoms with van der Waals surface area (Å²) in [7, 11) is 0. The highest BCUT2D eigenvalue weighted by atomic mass is 35.5. The standard InChI is InChI=1S/C15H18ClN3O2S2/c1-4-21-12-6-5-10(7-11(12)16)13(20)17-14-18-19-15(23-14)22-8-9(2)3/h5-7,9H,4,8H2,1-3H3,(H,17,18,20). The van der Waals surface area contributed by atoms with Crippen molar-refractivity contribution in [3.05, 3.63) is 28.8 Å². The number of aromatic nitrogens is 2. The van der Waals surface area contributed by atoms with E-state index in [9.17, 15) is 4.79 Å². The van der Waals surface area contributed by atoms with Gasteiger partial charge in [-0.05, 0) is 31.0 Å². The molecule has 1 heterocycles. The predicted molar refractivity (Wildman–Crippen MR) is 96.0 cm³/mol. The Morgan fingerprint density at radius 2 is 2.22 bits per heavy atom. The molecule has 0 aliphatic heterocycles. The summed E-state index contributed by atoms with van der Waals surface area (Å²) in [6, 6.07) is 4.93. The van der Waals surface area contributed by atoms with Crippen molar-refractivity contribution in [2.24, 2.45) is 5.92 Å². The lowest BCUT2D eigenvalue weighted by Gasteiger charge is -2.07. The monoisotopic (exact) mass is 371 g/mol. The van der Waals surface area contributed by atoms with Gasteiger partial charge in [0.25, 0.3) is 5.91 Å². The molecule has 1 amide bonds. The van der Waals surface area contributed by atoms with Crippen molar-refractivity contribution < 1.29 is 9.53 Å². The smallest absolute Gasteiger partial charge is 0.257 e. The fraction of sp³-hybridized carbons (Fsp3) is 0.400. The van der Waals surface area contributed by atoms with Crippen molar-refractivity contribution >= 4 is 45.7 Å². The number of ether oxygens (including phenoxy) is 1. The normalized spacial score (nSPS) is 10.8. The molecular formula is C15H18ClN3O2S2. The Bertz CT molecular complexity index is 676. The van der Waals surface area contributed by atoms with Crippen LogP contribution in [0.3, 0.4) is 0 Å². The van der Waals surface area contributed by atoms with Crippen LogP contribution in [-0.2, 0) is 0 Å². The molecule has 0 atom stereocenters. The molecule has 0 aliphatic rings. The molecule has 8 heteroatoms. The Kier molecular flexibility index (Phi) is 6.68. The summed E-state index contributed by atoms with van der Waals surface area (Å²) in [6.45, 7) is 6.69. The third-order valence-corrected chi connectivity index (χ3v) is 5.36. The van der Waals surface area contributed by atoms with E-state index in [0.717, 1.165) is 10.1 Å². The van der Waals surface area contributed by atoms with Crippen LogP contribution in [0, 0.1) is 5.92 Å². The molecule has 0 aliphatic carbocycles. The first-order valence-electron chi connectivity index (χ1n) is 7.19.